The number of aromatic nitrogens is 2. The largest absolute Gasteiger partial charge is 0.391 e. The van der Waals surface area contributed by atoms with Crippen molar-refractivity contribution in [1.82, 2.24) is 15.5 Å². The average Bonchev–Trinajstić information content (AvgIpc) is 2.26. The van der Waals surface area contributed by atoms with E-state index in [-0.39, 0.29) is 12.5 Å². The van der Waals surface area contributed by atoms with Gasteiger partial charge in [0.2, 0.25) is 0 Å². The van der Waals surface area contributed by atoms with Gasteiger partial charge in [-0.1, -0.05) is 13.8 Å². The van der Waals surface area contributed by atoms with E-state index in [1.54, 1.807) is 6.07 Å². The Bertz CT molecular complexity index is 327. The van der Waals surface area contributed by atoms with Gasteiger partial charge in [0.1, 0.15) is 0 Å². The van der Waals surface area contributed by atoms with Gasteiger partial charge in [-0.15, -0.1) is 0 Å². The van der Waals surface area contributed by atoms with Crippen molar-refractivity contribution in [3.05, 3.63) is 24.0 Å². The molecule has 1 unspecified atom stereocenters. The van der Waals surface area contributed by atoms with Crippen LogP contribution in [-0.4, -0.2) is 33.9 Å². The van der Waals surface area contributed by atoms with E-state index in [2.05, 4.69) is 15.5 Å². The molecule has 0 fully saturated rings. The van der Waals surface area contributed by atoms with E-state index in [0.717, 1.165) is 0 Å². The molecule has 0 spiro atoms. The van der Waals surface area contributed by atoms with Crippen LogP contribution in [0.3, 0.4) is 0 Å². The molecule has 0 bridgehead atoms. The molecule has 0 aliphatic rings. The highest BCUT2D eigenvalue weighted by Gasteiger charge is 2.10. The van der Waals surface area contributed by atoms with Gasteiger partial charge in [0, 0.05) is 6.54 Å². The number of hydrogen-bond acceptors (Lipinski definition) is 4. The van der Waals surface area contributed by atoms with Crippen LogP contribution in [0.15, 0.2) is 18.5 Å². The minimum absolute atomic E-state index is 0.238. The second-order valence-corrected chi connectivity index (χ2v) is 4.12. The number of amides is 1. The molecule has 1 aromatic rings. The third-order valence-electron chi connectivity index (χ3n) is 2.09. The second-order valence-electron chi connectivity index (χ2n) is 4.12. The molecule has 16 heavy (non-hydrogen) atoms. The first-order chi connectivity index (χ1) is 7.59. The predicted molar refractivity (Wildman–Crippen MR) is 59.8 cm³/mol. The summed E-state index contributed by atoms with van der Waals surface area (Å²) in [6, 6.07) is 1.58. The molecule has 0 saturated heterocycles. The van der Waals surface area contributed by atoms with Gasteiger partial charge in [-0.2, -0.15) is 10.2 Å². The lowest BCUT2D eigenvalue weighted by Gasteiger charge is -2.13. The summed E-state index contributed by atoms with van der Waals surface area (Å²) in [7, 11) is 0. The maximum atomic E-state index is 11.5. The fraction of sp³-hybridized carbons (Fsp3) is 0.545. The highest BCUT2D eigenvalue weighted by atomic mass is 16.3. The summed E-state index contributed by atoms with van der Waals surface area (Å²) in [6.45, 7) is 4.31. The molecular weight excluding hydrogens is 206 g/mol. The van der Waals surface area contributed by atoms with Crippen molar-refractivity contribution in [2.75, 3.05) is 6.54 Å². The van der Waals surface area contributed by atoms with E-state index in [9.17, 15) is 9.90 Å². The summed E-state index contributed by atoms with van der Waals surface area (Å²) in [5.41, 5.74) is 0.451. The van der Waals surface area contributed by atoms with Crippen LogP contribution in [0.2, 0.25) is 0 Å². The topological polar surface area (TPSA) is 75.1 Å². The van der Waals surface area contributed by atoms with Gasteiger partial charge < -0.3 is 10.4 Å². The number of aliphatic hydroxyl groups is 1. The third kappa shape index (κ3) is 4.35. The highest BCUT2D eigenvalue weighted by Crippen LogP contribution is 2.03. The van der Waals surface area contributed by atoms with Gasteiger partial charge in [0.05, 0.1) is 24.1 Å². The summed E-state index contributed by atoms with van der Waals surface area (Å²) in [5.74, 6) is 0.173. The lowest BCUT2D eigenvalue weighted by Crippen LogP contribution is -2.32. The Hall–Kier alpha value is -1.49. The van der Waals surface area contributed by atoms with Gasteiger partial charge in [-0.3, -0.25) is 4.79 Å². The van der Waals surface area contributed by atoms with Gasteiger partial charge in [0.15, 0.2) is 0 Å². The number of carbonyl (C=O) groups is 1. The first-order valence-electron chi connectivity index (χ1n) is 5.32. The summed E-state index contributed by atoms with van der Waals surface area (Å²) in [6.07, 6.45) is 3.03. The van der Waals surface area contributed by atoms with Crippen LogP contribution in [0.25, 0.3) is 0 Å². The van der Waals surface area contributed by atoms with Crippen molar-refractivity contribution in [3.63, 3.8) is 0 Å². The van der Waals surface area contributed by atoms with Gasteiger partial charge in [-0.25, -0.2) is 0 Å². The van der Waals surface area contributed by atoms with Crippen LogP contribution in [-0.2, 0) is 0 Å². The first-order valence-corrected chi connectivity index (χ1v) is 5.32. The molecule has 5 nitrogen and oxygen atoms in total. The lowest BCUT2D eigenvalue weighted by atomic mass is 10.1. The molecule has 0 aromatic carbocycles. The molecule has 2 N–H and O–H groups in total. The monoisotopic (exact) mass is 223 g/mol. The molecule has 1 aromatic heterocycles. The van der Waals surface area contributed by atoms with Gasteiger partial charge in [0.25, 0.3) is 5.91 Å². The predicted octanol–water partition coefficient (Wildman–Crippen LogP) is 0.613. The molecular formula is C11H17N3O2. The maximum absolute atomic E-state index is 11.5. The molecule has 1 amide bonds. The van der Waals surface area contributed by atoms with E-state index in [1.807, 2.05) is 13.8 Å². The lowest BCUT2D eigenvalue weighted by molar-refractivity contribution is 0.0899. The Kier molecular flexibility index (Phi) is 4.85. The van der Waals surface area contributed by atoms with Crippen LogP contribution < -0.4 is 5.32 Å². The molecule has 1 heterocycles. The van der Waals surface area contributed by atoms with Crippen molar-refractivity contribution < 1.29 is 9.90 Å². The van der Waals surface area contributed by atoms with Crippen LogP contribution in [0.5, 0.6) is 0 Å². The number of nitrogens with zero attached hydrogens (tertiary/aromatic N) is 2. The SMILES string of the molecule is CC(C)CC(O)CNC(=O)c1ccnnc1. The van der Waals surface area contributed by atoms with E-state index in [0.29, 0.717) is 17.9 Å². The van der Waals surface area contributed by atoms with Crippen molar-refractivity contribution in [1.29, 1.82) is 0 Å². The van der Waals surface area contributed by atoms with Crippen LogP contribution in [0.4, 0.5) is 0 Å². The number of carbonyl (C=O) groups excluding carboxylic acids is 1. The Morgan fingerprint density at radius 2 is 2.25 bits per heavy atom. The molecule has 88 valence electrons. The van der Waals surface area contributed by atoms with Gasteiger partial charge in [-0.05, 0) is 18.4 Å². The summed E-state index contributed by atoms with van der Waals surface area (Å²) in [4.78, 5) is 11.5. The van der Waals surface area contributed by atoms with E-state index in [4.69, 9.17) is 0 Å². The number of hydrogen-bond donors (Lipinski definition) is 2. The molecule has 0 aliphatic carbocycles. The summed E-state index contributed by atoms with van der Waals surface area (Å²) < 4.78 is 0. The Morgan fingerprint density at radius 1 is 1.50 bits per heavy atom. The Labute approximate surface area is 94.9 Å². The minimum atomic E-state index is -0.501. The van der Waals surface area contributed by atoms with E-state index in [1.165, 1.54) is 12.4 Å². The standard InChI is InChI=1S/C11H17N3O2/c1-8(2)5-10(15)7-12-11(16)9-3-4-13-14-6-9/h3-4,6,8,10,15H,5,7H2,1-2H3,(H,12,16). The van der Waals surface area contributed by atoms with Gasteiger partial charge >= 0.3 is 0 Å². The highest BCUT2D eigenvalue weighted by molar-refractivity contribution is 5.93. The normalized spacial score (nSPS) is 12.5. The fourth-order valence-corrected chi connectivity index (χ4v) is 1.37. The smallest absolute Gasteiger partial charge is 0.253 e. The fourth-order valence-electron chi connectivity index (χ4n) is 1.37. The van der Waals surface area contributed by atoms with E-state index < -0.39 is 6.10 Å². The number of nitrogens with one attached hydrogen (secondary N) is 1. The van der Waals surface area contributed by atoms with Crippen molar-refractivity contribution in [2.45, 2.75) is 26.4 Å². The van der Waals surface area contributed by atoms with Crippen LogP contribution >= 0.6 is 0 Å². The van der Waals surface area contributed by atoms with Crippen molar-refractivity contribution >= 4 is 5.91 Å². The number of rotatable bonds is 5. The summed E-state index contributed by atoms with van der Waals surface area (Å²) in [5, 5.41) is 19.4. The number of aliphatic hydroxyl groups excluding tert-OH is 1. The third-order valence-corrected chi connectivity index (χ3v) is 2.09. The molecule has 1 atom stereocenters. The molecule has 5 heteroatoms. The Morgan fingerprint density at radius 3 is 2.81 bits per heavy atom. The zero-order valence-electron chi connectivity index (χ0n) is 9.55. The zero-order valence-corrected chi connectivity index (χ0v) is 9.55. The van der Waals surface area contributed by atoms with Crippen molar-refractivity contribution in [2.24, 2.45) is 5.92 Å². The quantitative estimate of drug-likeness (QED) is 0.767. The molecule has 0 saturated carbocycles. The van der Waals surface area contributed by atoms with Crippen molar-refractivity contribution in [3.8, 4) is 0 Å². The second kappa shape index (κ2) is 6.17. The zero-order chi connectivity index (χ0) is 12.0. The molecule has 1 rings (SSSR count). The molecule has 0 aliphatic heterocycles. The first kappa shape index (κ1) is 12.6. The summed E-state index contributed by atoms with van der Waals surface area (Å²) >= 11 is 0. The van der Waals surface area contributed by atoms with Crippen LogP contribution in [0, 0.1) is 5.92 Å². The molecule has 0 radical (unpaired) electrons. The van der Waals surface area contributed by atoms with Crippen LogP contribution in [0.1, 0.15) is 30.6 Å². The Balaban J connectivity index is 2.36. The maximum Gasteiger partial charge on any atom is 0.253 e. The van der Waals surface area contributed by atoms with E-state index >= 15 is 0 Å². The minimum Gasteiger partial charge on any atom is -0.391 e. The average molecular weight is 223 g/mol.